The van der Waals surface area contributed by atoms with Crippen LogP contribution >= 0.6 is 0 Å². The van der Waals surface area contributed by atoms with Crippen LogP contribution < -0.4 is 0 Å². The summed E-state index contributed by atoms with van der Waals surface area (Å²) in [5.74, 6) is 2.97. The summed E-state index contributed by atoms with van der Waals surface area (Å²) in [5.41, 5.74) is 9.26. The van der Waals surface area contributed by atoms with Crippen molar-refractivity contribution in [3.05, 3.63) is 166 Å². The molecular formula is C71H83CoF2Ir2N7O4Rh-2. The van der Waals surface area contributed by atoms with Crippen molar-refractivity contribution in [3.63, 3.8) is 0 Å². The van der Waals surface area contributed by atoms with Crippen molar-refractivity contribution in [2.45, 2.75) is 189 Å². The van der Waals surface area contributed by atoms with Crippen LogP contribution in [0.1, 0.15) is 189 Å². The number of benzene rings is 4. The molecule has 12 rings (SSSR count). The van der Waals surface area contributed by atoms with Gasteiger partial charge in [-0.25, -0.2) is 15.1 Å². The van der Waals surface area contributed by atoms with Crippen LogP contribution in [0, 0.1) is 67.4 Å². The Morgan fingerprint density at radius 2 is 1.38 bits per heavy atom. The maximum Gasteiger partial charge on any atom is 0.229 e. The van der Waals surface area contributed by atoms with E-state index in [9.17, 15) is 19.0 Å². The summed E-state index contributed by atoms with van der Waals surface area (Å²) < 4.78 is 40.5. The van der Waals surface area contributed by atoms with E-state index in [0.717, 1.165) is 58.7 Å². The Labute approximate surface area is 570 Å². The molecule has 4 radical (unpaired) electrons. The van der Waals surface area contributed by atoms with E-state index in [0.29, 0.717) is 39.8 Å². The van der Waals surface area contributed by atoms with E-state index < -0.39 is 17.3 Å². The number of halogens is 2. The molecule has 17 heteroatoms. The Morgan fingerprint density at radius 3 is 1.98 bits per heavy atom. The van der Waals surface area contributed by atoms with E-state index in [1.807, 2.05) is 68.0 Å². The van der Waals surface area contributed by atoms with Gasteiger partial charge < -0.3 is 24.0 Å². The predicted molar refractivity (Wildman–Crippen MR) is 327 cm³/mol. The van der Waals surface area contributed by atoms with E-state index in [4.69, 9.17) is 20.4 Å². The molecule has 2 N–H and O–H groups in total. The molecule has 0 saturated heterocycles. The Balaban J connectivity index is 0.000000211. The molecule has 0 bridgehead atoms. The normalized spacial score (nSPS) is 16.7. The van der Waals surface area contributed by atoms with Crippen molar-refractivity contribution >= 4 is 5.69 Å². The van der Waals surface area contributed by atoms with E-state index in [1.54, 1.807) is 18.5 Å². The second kappa shape index (κ2) is 32.3. The number of nitrogens with zero attached hydrogens (tertiary/aromatic N) is 7. The molecule has 1 unspecified atom stereocenters. The second-order valence-corrected chi connectivity index (χ2v) is 25.4. The van der Waals surface area contributed by atoms with E-state index in [1.165, 1.54) is 132 Å². The maximum atomic E-state index is 14.3. The Kier molecular flexibility index (Phi) is 27.1. The first-order valence-electron chi connectivity index (χ1n) is 30.4. The zero-order valence-corrected chi connectivity index (χ0v) is 59.6. The van der Waals surface area contributed by atoms with Gasteiger partial charge in [-0.1, -0.05) is 117 Å². The summed E-state index contributed by atoms with van der Waals surface area (Å²) >= 11 is 0. The average Bonchev–Trinajstić information content (AvgIpc) is 1.58. The number of aromatic nitrogens is 6. The molecule has 4 aliphatic carbocycles. The quantitative estimate of drug-likeness (QED) is 0.0903. The number of aromatic hydroxyl groups is 2. The third kappa shape index (κ3) is 17.5. The van der Waals surface area contributed by atoms with Gasteiger partial charge in [-0.05, 0) is 146 Å². The number of phenolic OH excluding ortho intramolecular Hbond substituents is 2. The van der Waals surface area contributed by atoms with Gasteiger partial charge in [0.05, 0.1) is 24.2 Å². The maximum absolute atomic E-state index is 14.3. The number of hydrogen-bond donors (Lipinski definition) is 2. The zero-order chi connectivity index (χ0) is 59.8. The summed E-state index contributed by atoms with van der Waals surface area (Å²) in [7, 11) is 2.00. The summed E-state index contributed by atoms with van der Waals surface area (Å²) in [6, 6.07) is 28.4. The van der Waals surface area contributed by atoms with E-state index in [2.05, 4.69) is 96.8 Å². The fourth-order valence-electron chi connectivity index (χ4n) is 13.8. The van der Waals surface area contributed by atoms with Gasteiger partial charge in [0.1, 0.15) is 35.0 Å². The Morgan fingerprint density at radius 1 is 0.750 bits per heavy atom. The standard InChI is InChI=1S/C20H27NO2.C19H17F2N2.C17H22N3.C15H17NO2.Co.2Ir.Rh/c1-5-20(10-6-7-11-20)13(2)16-8-9-18(22)17(12-16)19-14(3)23-15(4)21-19;1-19(8-3-4-9-19)12-13-7-10-23-16(11-13)14-5-6-15(20)18(22-2)17(14)21;1-13-7-6-8-14(11-13)16-18-15(20(3)19-16)12-17(2)9-4-5-10-17;1-15(6-2-3-7-15)11-4-5-13(17)12(10-11)14-16-8-9-18-14;;;;/h8-9,12-13,22H,5-7,10-11H2,1-4H3;6-7,10-11H,3-4,8-9,12H2,1H3;6-7,11H,4-5,9-10,12H2,1-3H3;4-5,8-10,17H,2-3,6-7H2,1H3;;;;/q;2*-1;;;;;. The number of rotatable bonds is 12. The molecule has 0 spiro atoms. The molecule has 4 heterocycles. The predicted octanol–water partition coefficient (Wildman–Crippen LogP) is 18.8. The van der Waals surface area contributed by atoms with E-state index >= 15 is 0 Å². The molecule has 4 aromatic heterocycles. The van der Waals surface area contributed by atoms with Crippen molar-refractivity contribution < 1.29 is 104 Å². The van der Waals surface area contributed by atoms with Crippen molar-refractivity contribution in [1.82, 2.24) is 29.7 Å². The minimum Gasteiger partial charge on any atom is -0.507 e. The number of oxazole rings is 2. The van der Waals surface area contributed by atoms with Crippen LogP contribution in [-0.2, 0) is 102 Å². The van der Waals surface area contributed by atoms with Crippen LogP contribution in [0.5, 0.6) is 11.5 Å². The molecule has 478 valence electrons. The first-order valence-corrected chi connectivity index (χ1v) is 30.4. The smallest absolute Gasteiger partial charge is 0.229 e. The number of phenols is 2. The van der Waals surface area contributed by atoms with Crippen LogP contribution in [0.4, 0.5) is 14.5 Å². The monoisotopic (exact) mass is 1680 g/mol. The summed E-state index contributed by atoms with van der Waals surface area (Å²) in [6.07, 6.45) is 28.4. The molecule has 8 aromatic rings. The molecule has 4 aliphatic rings. The van der Waals surface area contributed by atoms with Gasteiger partial charge in [-0.2, -0.15) is 0 Å². The van der Waals surface area contributed by atoms with Gasteiger partial charge in [-0.15, -0.1) is 53.1 Å². The summed E-state index contributed by atoms with van der Waals surface area (Å²) in [6.45, 7) is 24.3. The minimum absolute atomic E-state index is 0. The van der Waals surface area contributed by atoms with Crippen LogP contribution in [0.25, 0.3) is 50.2 Å². The minimum atomic E-state index is -0.893. The SMILES string of the molecule is CC1(c2ccc(O)c(-c3ncco3)c2)CCCC1.CCC1(C(C)c2ccc(O)c(-c3nc(C)oc3C)c2)CCCC1.Cc1cc[c-]c(-c2nc(CC3(C)CCCC3)n(C)n2)c1.[C-]#[N+]c1c(F)c[c-]c(-c2cc(CC3(C)CCCC3)ccn2)c1F.[Co].[Ir].[Ir].[Rh]. The van der Waals surface area contributed by atoms with Crippen molar-refractivity contribution in [3.8, 4) is 56.9 Å². The Bertz CT molecular complexity index is 3580. The average molecular weight is 1680 g/mol. The van der Waals surface area contributed by atoms with Gasteiger partial charge in [0.2, 0.25) is 5.89 Å². The summed E-state index contributed by atoms with van der Waals surface area (Å²) in [5, 5.41) is 24.8. The van der Waals surface area contributed by atoms with Gasteiger partial charge in [0.15, 0.2) is 11.6 Å². The molecule has 88 heavy (non-hydrogen) atoms. The Hall–Kier alpha value is -5.03. The van der Waals surface area contributed by atoms with Crippen LogP contribution in [0.3, 0.4) is 0 Å². The first kappa shape index (κ1) is 73.7. The van der Waals surface area contributed by atoms with Gasteiger partial charge in [0.25, 0.3) is 0 Å². The van der Waals surface area contributed by atoms with E-state index in [-0.39, 0.29) is 104 Å². The molecule has 1 atom stereocenters. The van der Waals surface area contributed by atoms with Crippen LogP contribution in [-0.4, -0.2) is 39.9 Å². The van der Waals surface area contributed by atoms with Crippen molar-refractivity contribution in [2.75, 3.05) is 0 Å². The second-order valence-electron chi connectivity index (χ2n) is 25.4. The summed E-state index contributed by atoms with van der Waals surface area (Å²) in [4.78, 5) is 20.4. The molecule has 0 aliphatic heterocycles. The molecule has 4 aromatic carbocycles. The third-order valence-electron chi connectivity index (χ3n) is 19.0. The molecule has 0 amide bonds. The fourth-order valence-corrected chi connectivity index (χ4v) is 13.8. The van der Waals surface area contributed by atoms with Crippen LogP contribution in [0.15, 0.2) is 100 Å². The third-order valence-corrected chi connectivity index (χ3v) is 19.0. The molecule has 11 nitrogen and oxygen atoms in total. The molecule has 4 fully saturated rings. The zero-order valence-electron chi connectivity index (χ0n) is 52.1. The number of hydrogen-bond acceptors (Lipinski definition) is 9. The van der Waals surface area contributed by atoms with Crippen molar-refractivity contribution in [1.29, 1.82) is 0 Å². The molecular weight excluding hydrogens is 1600 g/mol. The fraction of sp³-hybridized carbons (Fsp3) is 0.465. The molecule has 4 saturated carbocycles. The number of aryl methyl sites for hydroxylation is 4. The van der Waals surface area contributed by atoms with Crippen LogP contribution in [0.2, 0.25) is 0 Å². The van der Waals surface area contributed by atoms with Gasteiger partial charge in [-0.3, -0.25) is 23.3 Å². The topological polar surface area (TPSA) is 140 Å². The largest absolute Gasteiger partial charge is 0.507 e. The number of pyridine rings is 1. The van der Waals surface area contributed by atoms with Gasteiger partial charge >= 0.3 is 0 Å². The van der Waals surface area contributed by atoms with Gasteiger partial charge in [0, 0.05) is 120 Å². The van der Waals surface area contributed by atoms with Crippen molar-refractivity contribution in [2.24, 2.45) is 23.3 Å². The first-order chi connectivity index (χ1) is 40.2.